The molecule has 1 amide bonds. The second kappa shape index (κ2) is 8.03. The van der Waals surface area contributed by atoms with E-state index in [4.69, 9.17) is 9.84 Å². The van der Waals surface area contributed by atoms with E-state index in [0.717, 1.165) is 25.0 Å². The summed E-state index contributed by atoms with van der Waals surface area (Å²) in [7, 11) is 0. The fraction of sp³-hybridized carbons (Fsp3) is 0.588. The summed E-state index contributed by atoms with van der Waals surface area (Å²) in [5.41, 5.74) is 2.76. The van der Waals surface area contributed by atoms with Gasteiger partial charge in [-0.3, -0.25) is 4.79 Å². The Bertz CT molecular complexity index is 473. The van der Waals surface area contributed by atoms with Crippen LogP contribution in [0.25, 0.3) is 0 Å². The predicted octanol–water partition coefficient (Wildman–Crippen LogP) is 2.22. The Morgan fingerprint density at radius 1 is 1.33 bits per heavy atom. The van der Waals surface area contributed by atoms with E-state index in [2.05, 4.69) is 17.4 Å². The lowest BCUT2D eigenvalue weighted by atomic mass is 9.92. The van der Waals surface area contributed by atoms with E-state index in [9.17, 15) is 4.79 Å². The molecule has 0 aromatic heterocycles. The molecule has 1 atom stereocenters. The van der Waals surface area contributed by atoms with Gasteiger partial charge in [0.1, 0.15) is 5.75 Å². The fourth-order valence-corrected chi connectivity index (χ4v) is 2.75. The Balaban J connectivity index is 1.83. The third kappa shape index (κ3) is 4.74. The first-order valence-corrected chi connectivity index (χ1v) is 7.87. The van der Waals surface area contributed by atoms with E-state index in [1.165, 1.54) is 24.0 Å². The zero-order valence-electron chi connectivity index (χ0n) is 12.7. The molecule has 0 fully saturated rings. The summed E-state index contributed by atoms with van der Waals surface area (Å²) in [5, 5.41) is 11.8. The SMILES string of the molecule is CCC(CCO)NC(=O)COc1ccc2c(c1)CCCC2. The highest BCUT2D eigenvalue weighted by molar-refractivity contribution is 5.77. The first-order valence-electron chi connectivity index (χ1n) is 7.87. The number of fused-ring (bicyclic) bond motifs is 1. The fourth-order valence-electron chi connectivity index (χ4n) is 2.75. The zero-order chi connectivity index (χ0) is 15.1. The molecule has 1 aromatic rings. The number of carbonyl (C=O) groups is 1. The molecule has 0 heterocycles. The van der Waals surface area contributed by atoms with Crippen molar-refractivity contribution in [1.82, 2.24) is 5.32 Å². The number of nitrogens with one attached hydrogen (secondary N) is 1. The smallest absolute Gasteiger partial charge is 0.258 e. The van der Waals surface area contributed by atoms with E-state index < -0.39 is 0 Å². The number of amides is 1. The predicted molar refractivity (Wildman–Crippen MR) is 82.5 cm³/mol. The second-order valence-corrected chi connectivity index (χ2v) is 5.61. The Kier molecular flexibility index (Phi) is 6.05. The molecule has 0 bridgehead atoms. The average Bonchev–Trinajstić information content (AvgIpc) is 2.52. The minimum absolute atomic E-state index is 0.0228. The van der Waals surface area contributed by atoms with Crippen molar-refractivity contribution in [1.29, 1.82) is 0 Å². The minimum Gasteiger partial charge on any atom is -0.484 e. The number of aryl methyl sites for hydroxylation is 2. The van der Waals surface area contributed by atoms with Gasteiger partial charge in [0.05, 0.1) is 0 Å². The van der Waals surface area contributed by atoms with E-state index in [1.807, 2.05) is 13.0 Å². The van der Waals surface area contributed by atoms with Crippen molar-refractivity contribution >= 4 is 5.91 Å². The molecule has 0 spiro atoms. The molecule has 4 heteroatoms. The Hall–Kier alpha value is -1.55. The molecule has 21 heavy (non-hydrogen) atoms. The molecule has 4 nitrogen and oxygen atoms in total. The summed E-state index contributed by atoms with van der Waals surface area (Å²) in [5.74, 6) is 0.633. The van der Waals surface area contributed by atoms with Crippen molar-refractivity contribution in [3.05, 3.63) is 29.3 Å². The summed E-state index contributed by atoms with van der Waals surface area (Å²) in [6.45, 7) is 2.11. The summed E-state index contributed by atoms with van der Waals surface area (Å²) in [6.07, 6.45) is 6.14. The number of hydrogen-bond donors (Lipinski definition) is 2. The van der Waals surface area contributed by atoms with Crippen molar-refractivity contribution in [2.24, 2.45) is 0 Å². The molecule has 2 N–H and O–H groups in total. The quantitative estimate of drug-likeness (QED) is 0.810. The van der Waals surface area contributed by atoms with Gasteiger partial charge in [-0.1, -0.05) is 13.0 Å². The lowest BCUT2D eigenvalue weighted by molar-refractivity contribution is -0.123. The molecule has 2 rings (SSSR count). The minimum atomic E-state index is -0.131. The summed E-state index contributed by atoms with van der Waals surface area (Å²) in [4.78, 5) is 11.8. The molecular formula is C17H25NO3. The van der Waals surface area contributed by atoms with Gasteiger partial charge in [0.15, 0.2) is 6.61 Å². The maximum absolute atomic E-state index is 11.8. The van der Waals surface area contributed by atoms with Crippen LogP contribution in [0.15, 0.2) is 18.2 Å². The zero-order valence-corrected chi connectivity index (χ0v) is 12.7. The average molecular weight is 291 g/mol. The number of aliphatic hydroxyl groups excluding tert-OH is 1. The van der Waals surface area contributed by atoms with Crippen LogP contribution in [0.4, 0.5) is 0 Å². The monoisotopic (exact) mass is 291 g/mol. The standard InChI is InChI=1S/C17H25NO3/c1-2-15(9-10-19)18-17(20)12-21-16-8-7-13-5-3-4-6-14(13)11-16/h7-8,11,15,19H,2-6,9-10,12H2,1H3,(H,18,20). The largest absolute Gasteiger partial charge is 0.484 e. The third-order valence-corrected chi connectivity index (χ3v) is 4.03. The maximum Gasteiger partial charge on any atom is 0.258 e. The molecule has 116 valence electrons. The Morgan fingerprint density at radius 3 is 2.81 bits per heavy atom. The number of ether oxygens (including phenoxy) is 1. The van der Waals surface area contributed by atoms with Crippen LogP contribution in [-0.4, -0.2) is 30.3 Å². The van der Waals surface area contributed by atoms with Crippen LogP contribution in [0.1, 0.15) is 43.7 Å². The van der Waals surface area contributed by atoms with Gasteiger partial charge in [0.25, 0.3) is 5.91 Å². The summed E-state index contributed by atoms with van der Waals surface area (Å²) >= 11 is 0. The molecule has 0 saturated carbocycles. The Labute approximate surface area is 126 Å². The van der Waals surface area contributed by atoms with Gasteiger partial charge in [0, 0.05) is 12.6 Å². The third-order valence-electron chi connectivity index (χ3n) is 4.03. The van der Waals surface area contributed by atoms with Gasteiger partial charge in [-0.15, -0.1) is 0 Å². The first kappa shape index (κ1) is 15.8. The van der Waals surface area contributed by atoms with Crippen LogP contribution in [0, 0.1) is 0 Å². The van der Waals surface area contributed by atoms with Crippen molar-refractivity contribution in [2.75, 3.05) is 13.2 Å². The molecule has 1 aromatic carbocycles. The topological polar surface area (TPSA) is 58.6 Å². The van der Waals surface area contributed by atoms with E-state index in [-0.39, 0.29) is 25.2 Å². The molecule has 1 aliphatic rings. The summed E-state index contributed by atoms with van der Waals surface area (Å²) in [6, 6.07) is 6.15. The van der Waals surface area contributed by atoms with Crippen molar-refractivity contribution in [3.8, 4) is 5.75 Å². The van der Waals surface area contributed by atoms with Crippen LogP contribution in [-0.2, 0) is 17.6 Å². The van der Waals surface area contributed by atoms with Gasteiger partial charge in [-0.2, -0.15) is 0 Å². The number of carbonyl (C=O) groups excluding carboxylic acids is 1. The molecule has 1 aliphatic carbocycles. The van der Waals surface area contributed by atoms with Crippen LogP contribution < -0.4 is 10.1 Å². The van der Waals surface area contributed by atoms with Crippen LogP contribution in [0.2, 0.25) is 0 Å². The Morgan fingerprint density at radius 2 is 2.10 bits per heavy atom. The van der Waals surface area contributed by atoms with Crippen LogP contribution in [0.3, 0.4) is 0 Å². The first-order chi connectivity index (χ1) is 10.2. The van der Waals surface area contributed by atoms with Gasteiger partial charge in [0.2, 0.25) is 0 Å². The highest BCUT2D eigenvalue weighted by Crippen LogP contribution is 2.25. The molecular weight excluding hydrogens is 266 g/mol. The lowest BCUT2D eigenvalue weighted by Crippen LogP contribution is -2.38. The number of benzene rings is 1. The lowest BCUT2D eigenvalue weighted by Gasteiger charge is -2.18. The molecule has 0 aliphatic heterocycles. The van der Waals surface area contributed by atoms with E-state index >= 15 is 0 Å². The highest BCUT2D eigenvalue weighted by atomic mass is 16.5. The normalized spacial score (nSPS) is 15.1. The maximum atomic E-state index is 11.8. The van der Waals surface area contributed by atoms with Gasteiger partial charge in [-0.05, 0) is 61.8 Å². The van der Waals surface area contributed by atoms with Crippen molar-refractivity contribution in [2.45, 2.75) is 51.5 Å². The highest BCUT2D eigenvalue weighted by Gasteiger charge is 2.12. The number of hydrogen-bond acceptors (Lipinski definition) is 3. The van der Waals surface area contributed by atoms with Gasteiger partial charge in [-0.25, -0.2) is 0 Å². The van der Waals surface area contributed by atoms with Crippen LogP contribution >= 0.6 is 0 Å². The van der Waals surface area contributed by atoms with Crippen molar-refractivity contribution < 1.29 is 14.6 Å². The van der Waals surface area contributed by atoms with Gasteiger partial charge < -0.3 is 15.2 Å². The molecule has 0 radical (unpaired) electrons. The molecule has 1 unspecified atom stereocenters. The second-order valence-electron chi connectivity index (χ2n) is 5.61. The number of aliphatic hydroxyl groups is 1. The van der Waals surface area contributed by atoms with Gasteiger partial charge >= 0.3 is 0 Å². The summed E-state index contributed by atoms with van der Waals surface area (Å²) < 4.78 is 5.58. The number of rotatable bonds is 7. The van der Waals surface area contributed by atoms with E-state index in [1.54, 1.807) is 0 Å². The molecule has 0 saturated heterocycles. The van der Waals surface area contributed by atoms with E-state index in [0.29, 0.717) is 6.42 Å². The van der Waals surface area contributed by atoms with Crippen LogP contribution in [0.5, 0.6) is 5.75 Å². The van der Waals surface area contributed by atoms with Crippen molar-refractivity contribution in [3.63, 3.8) is 0 Å².